The van der Waals surface area contributed by atoms with Gasteiger partial charge in [0, 0.05) is 0 Å². The molecule has 0 N–H and O–H groups in total. The number of aryl methyl sites for hydroxylation is 2. The van der Waals surface area contributed by atoms with E-state index in [1.165, 1.54) is 6.42 Å². The summed E-state index contributed by atoms with van der Waals surface area (Å²) in [7, 11) is 0. The van der Waals surface area contributed by atoms with Crippen LogP contribution in [0.5, 0.6) is 0 Å². The van der Waals surface area contributed by atoms with Crippen molar-refractivity contribution < 1.29 is 9.59 Å². The van der Waals surface area contributed by atoms with Crippen molar-refractivity contribution in [1.82, 2.24) is 0 Å². The molecule has 0 unspecified atom stereocenters. The summed E-state index contributed by atoms with van der Waals surface area (Å²) in [6.07, 6.45) is 7.36. The lowest BCUT2D eigenvalue weighted by molar-refractivity contribution is -0.124. The minimum Gasteiger partial charge on any atom is -0.274 e. The molecule has 3 heteroatoms. The van der Waals surface area contributed by atoms with E-state index in [1.54, 1.807) is 4.90 Å². The zero-order valence-electron chi connectivity index (χ0n) is 14.2. The van der Waals surface area contributed by atoms with Gasteiger partial charge in [-0.1, -0.05) is 44.2 Å². The summed E-state index contributed by atoms with van der Waals surface area (Å²) in [6, 6.07) is 6.16. The summed E-state index contributed by atoms with van der Waals surface area (Å²) >= 11 is 0. The lowest BCUT2D eigenvalue weighted by Gasteiger charge is -2.37. The van der Waals surface area contributed by atoms with E-state index in [9.17, 15) is 9.59 Å². The van der Waals surface area contributed by atoms with Gasteiger partial charge >= 0.3 is 0 Å². The molecule has 6 rings (SSSR count). The fraction of sp³-hybridized carbons (Fsp3) is 0.524. The summed E-state index contributed by atoms with van der Waals surface area (Å²) in [5.74, 6) is 1.82. The fourth-order valence-corrected chi connectivity index (χ4v) is 5.68. The van der Waals surface area contributed by atoms with Crippen molar-refractivity contribution in [2.24, 2.45) is 35.5 Å². The number of nitrogens with zero attached hydrogens (tertiary/aromatic N) is 1. The predicted molar refractivity (Wildman–Crippen MR) is 92.4 cm³/mol. The van der Waals surface area contributed by atoms with E-state index in [0.717, 1.165) is 29.7 Å². The lowest BCUT2D eigenvalue weighted by Crippen LogP contribution is -2.40. The molecule has 0 aromatic heterocycles. The second-order valence-corrected chi connectivity index (χ2v) is 7.80. The van der Waals surface area contributed by atoms with Crippen LogP contribution in [0.15, 0.2) is 30.4 Å². The van der Waals surface area contributed by atoms with Crippen molar-refractivity contribution in [3.05, 3.63) is 41.5 Å². The number of benzene rings is 1. The Balaban J connectivity index is 1.63. The number of carbonyl (C=O) groups excluding carboxylic acids is 2. The molecule has 1 heterocycles. The first-order valence-electron chi connectivity index (χ1n) is 9.34. The third kappa shape index (κ3) is 1.63. The van der Waals surface area contributed by atoms with Crippen LogP contribution in [0.25, 0.3) is 0 Å². The van der Waals surface area contributed by atoms with Crippen LogP contribution in [0.3, 0.4) is 0 Å². The van der Waals surface area contributed by atoms with E-state index < -0.39 is 0 Å². The van der Waals surface area contributed by atoms with Gasteiger partial charge in [0.2, 0.25) is 11.8 Å². The van der Waals surface area contributed by atoms with Crippen molar-refractivity contribution >= 4 is 17.5 Å². The molecule has 24 heavy (non-hydrogen) atoms. The molecule has 2 bridgehead atoms. The summed E-state index contributed by atoms with van der Waals surface area (Å²) in [4.78, 5) is 28.2. The smallest absolute Gasteiger partial charge is 0.238 e. The molecule has 1 aliphatic heterocycles. The van der Waals surface area contributed by atoms with Crippen LogP contribution in [-0.2, 0) is 22.4 Å². The second-order valence-electron chi connectivity index (χ2n) is 7.80. The molecule has 3 nitrogen and oxygen atoms in total. The number of hydrogen-bond acceptors (Lipinski definition) is 2. The Bertz CT molecular complexity index is 722. The summed E-state index contributed by atoms with van der Waals surface area (Å²) < 4.78 is 0. The number of allylic oxidation sites excluding steroid dienone is 2. The Labute approximate surface area is 142 Å². The maximum atomic E-state index is 13.3. The van der Waals surface area contributed by atoms with Gasteiger partial charge in [-0.3, -0.25) is 9.59 Å². The quantitative estimate of drug-likeness (QED) is 0.632. The third-order valence-electron chi connectivity index (χ3n) is 6.85. The third-order valence-corrected chi connectivity index (χ3v) is 6.85. The van der Waals surface area contributed by atoms with E-state index in [0.29, 0.717) is 23.7 Å². The molecule has 2 amide bonds. The second kappa shape index (κ2) is 4.81. The maximum absolute atomic E-state index is 13.3. The van der Waals surface area contributed by atoms with Crippen molar-refractivity contribution in [1.29, 1.82) is 0 Å². The van der Waals surface area contributed by atoms with Crippen LogP contribution in [0, 0.1) is 35.5 Å². The van der Waals surface area contributed by atoms with Crippen LogP contribution in [-0.4, -0.2) is 11.8 Å². The number of imide groups is 1. The highest BCUT2D eigenvalue weighted by atomic mass is 16.2. The molecule has 1 aromatic carbocycles. The molecule has 5 aliphatic rings. The Morgan fingerprint density at radius 3 is 1.88 bits per heavy atom. The zero-order valence-corrected chi connectivity index (χ0v) is 14.2. The topological polar surface area (TPSA) is 37.4 Å². The predicted octanol–water partition coefficient (Wildman–Crippen LogP) is 3.37. The Morgan fingerprint density at radius 1 is 0.917 bits per heavy atom. The summed E-state index contributed by atoms with van der Waals surface area (Å²) in [5.41, 5.74) is 3.11. The molecule has 2 saturated carbocycles. The lowest BCUT2D eigenvalue weighted by atomic mass is 9.63. The van der Waals surface area contributed by atoms with Gasteiger partial charge in [-0.15, -0.1) is 0 Å². The molecular formula is C21H23NO2. The van der Waals surface area contributed by atoms with Crippen LogP contribution in [0.2, 0.25) is 0 Å². The largest absolute Gasteiger partial charge is 0.274 e. The number of anilines is 1. The minimum atomic E-state index is -0.106. The molecule has 124 valence electrons. The zero-order chi connectivity index (χ0) is 16.6. The first-order valence-corrected chi connectivity index (χ1v) is 9.34. The van der Waals surface area contributed by atoms with Crippen molar-refractivity contribution in [2.75, 3.05) is 4.90 Å². The number of carbonyl (C=O) groups is 2. The van der Waals surface area contributed by atoms with Crippen molar-refractivity contribution in [3.63, 3.8) is 0 Å². The monoisotopic (exact) mass is 321 g/mol. The molecule has 0 spiro atoms. The van der Waals surface area contributed by atoms with Gasteiger partial charge in [-0.2, -0.15) is 0 Å². The van der Waals surface area contributed by atoms with Gasteiger partial charge in [0.15, 0.2) is 0 Å². The first kappa shape index (κ1) is 14.4. The van der Waals surface area contributed by atoms with Crippen LogP contribution >= 0.6 is 0 Å². The Kier molecular flexibility index (Phi) is 2.89. The average Bonchev–Trinajstić information content (AvgIpc) is 3.39. The number of hydrogen-bond donors (Lipinski definition) is 0. The van der Waals surface area contributed by atoms with Gasteiger partial charge in [0.05, 0.1) is 17.5 Å². The van der Waals surface area contributed by atoms with E-state index in [4.69, 9.17) is 0 Å². The van der Waals surface area contributed by atoms with Gasteiger partial charge in [-0.05, 0) is 54.1 Å². The van der Waals surface area contributed by atoms with Crippen LogP contribution < -0.4 is 4.90 Å². The Hall–Kier alpha value is -1.90. The van der Waals surface area contributed by atoms with Gasteiger partial charge in [0.25, 0.3) is 0 Å². The van der Waals surface area contributed by atoms with Gasteiger partial charge in [0.1, 0.15) is 0 Å². The molecule has 4 aliphatic carbocycles. The van der Waals surface area contributed by atoms with Crippen molar-refractivity contribution in [3.8, 4) is 0 Å². The highest BCUT2D eigenvalue weighted by Gasteiger charge is 2.67. The molecular weight excluding hydrogens is 298 g/mol. The number of para-hydroxylation sites is 1. The normalized spacial score (nSPS) is 38.5. The molecule has 1 saturated heterocycles. The maximum Gasteiger partial charge on any atom is 0.238 e. The number of rotatable bonds is 3. The minimum absolute atomic E-state index is 0.0605. The van der Waals surface area contributed by atoms with Crippen LogP contribution in [0.1, 0.15) is 31.4 Å². The average molecular weight is 321 g/mol. The standard InChI is InChI=1S/C21H23NO2/c1-3-11-6-5-7-12(4-2)19(11)22-20(23)17-13-8-9-14(16-10-15(13)16)18(17)21(22)24/h5-9,13-18H,3-4,10H2,1-2H3/t13-,14-,15-,16-,17-,18+/m0/s1. The van der Waals surface area contributed by atoms with E-state index >= 15 is 0 Å². The fourth-order valence-electron chi connectivity index (χ4n) is 5.68. The summed E-state index contributed by atoms with van der Waals surface area (Å²) in [6.45, 7) is 4.19. The number of amides is 2. The summed E-state index contributed by atoms with van der Waals surface area (Å²) in [5, 5.41) is 0. The first-order chi connectivity index (χ1) is 11.7. The van der Waals surface area contributed by atoms with Gasteiger partial charge in [-0.25, -0.2) is 4.90 Å². The molecule has 3 fully saturated rings. The Morgan fingerprint density at radius 2 is 1.42 bits per heavy atom. The highest BCUT2D eigenvalue weighted by Crippen LogP contribution is 2.65. The highest BCUT2D eigenvalue weighted by molar-refractivity contribution is 6.23. The van der Waals surface area contributed by atoms with Crippen molar-refractivity contribution in [2.45, 2.75) is 33.1 Å². The van der Waals surface area contributed by atoms with Crippen LogP contribution in [0.4, 0.5) is 5.69 Å². The SMILES string of the molecule is CCc1cccc(CC)c1N1C(=O)[C@@H]2[C@H]3C=C[C@@H]([C@@H]4C[C@@H]34)[C@@H]2C1=O. The van der Waals surface area contributed by atoms with E-state index in [2.05, 4.69) is 38.1 Å². The molecule has 1 aromatic rings. The molecule has 0 radical (unpaired) electrons. The van der Waals surface area contributed by atoms with E-state index in [-0.39, 0.29) is 23.7 Å². The molecule has 6 atom stereocenters. The van der Waals surface area contributed by atoms with Gasteiger partial charge < -0.3 is 0 Å². The van der Waals surface area contributed by atoms with E-state index in [1.807, 2.05) is 6.07 Å².